The van der Waals surface area contributed by atoms with Crippen molar-refractivity contribution in [3.8, 4) is 5.69 Å². The molecule has 2 saturated heterocycles. The molecule has 2 bridgehead atoms. The molecule has 2 aliphatic rings. The first-order chi connectivity index (χ1) is 11.5. The third kappa shape index (κ3) is 3.23. The van der Waals surface area contributed by atoms with Crippen molar-refractivity contribution in [3.63, 3.8) is 0 Å². The van der Waals surface area contributed by atoms with Crippen LogP contribution < -0.4 is 0 Å². The van der Waals surface area contributed by atoms with Crippen LogP contribution in [0.1, 0.15) is 12.2 Å². The topological polar surface area (TPSA) is 56.1 Å². The number of aromatic nitrogens is 4. The predicted molar refractivity (Wildman–Crippen MR) is 83.9 cm³/mol. The Morgan fingerprint density at radius 3 is 2.48 bits per heavy atom. The van der Waals surface area contributed by atoms with Gasteiger partial charge < -0.3 is 4.74 Å². The second-order valence-electron chi connectivity index (χ2n) is 6.75. The van der Waals surface area contributed by atoms with Gasteiger partial charge in [0.25, 0.3) is 0 Å². The van der Waals surface area contributed by atoms with Crippen LogP contribution in [0.4, 0.5) is 15.5 Å². The molecule has 0 unspecified atom stereocenters. The molecule has 6 nitrogen and oxygen atoms in total. The molecular weight excluding hydrogens is 362 g/mol. The molecule has 0 amide bonds. The van der Waals surface area contributed by atoms with Gasteiger partial charge in [-0.15, -0.1) is 20.6 Å². The van der Waals surface area contributed by atoms with Crippen LogP contribution >= 0.6 is 9.84 Å². The highest BCUT2D eigenvalue weighted by molar-refractivity contribution is 8.49. The van der Waals surface area contributed by atoms with Gasteiger partial charge in [0, 0.05) is 12.6 Å². The maximum absolute atomic E-state index is 13.5. The van der Waals surface area contributed by atoms with E-state index >= 15 is 0 Å². The summed E-state index contributed by atoms with van der Waals surface area (Å²) in [6, 6.07) is 4.13. The number of tetrazole rings is 1. The lowest BCUT2D eigenvalue weighted by atomic mass is 10.2. The predicted octanol–water partition coefficient (Wildman–Crippen LogP) is 3.04. The Morgan fingerprint density at radius 1 is 1.20 bits per heavy atom. The summed E-state index contributed by atoms with van der Waals surface area (Å²) in [6.07, 6.45) is 0.911. The Hall–Kier alpha value is -1.72. The Balaban J connectivity index is 1.58. The van der Waals surface area contributed by atoms with Crippen LogP contribution in [0, 0.1) is 0 Å². The summed E-state index contributed by atoms with van der Waals surface area (Å²) in [7, 11) is -8.18. The van der Waals surface area contributed by atoms with E-state index in [0.717, 1.165) is 25.1 Å². The quantitative estimate of drug-likeness (QED) is 0.765. The molecule has 1 aromatic carbocycles. The number of fused-ring (bicyclic) bond motifs is 2. The molecule has 0 N–H and O–H groups in total. The number of benzene rings is 1. The smallest absolute Gasteiger partial charge is 0.184 e. The number of morpholine rings is 1. The second kappa shape index (κ2) is 4.71. The summed E-state index contributed by atoms with van der Waals surface area (Å²) in [5.41, 5.74) is 0.353. The Bertz CT molecular complexity index is 807. The molecule has 1 aromatic heterocycles. The van der Waals surface area contributed by atoms with Gasteiger partial charge in [-0.05, 0) is 41.1 Å². The zero-order valence-electron chi connectivity index (χ0n) is 13.4. The zero-order chi connectivity index (χ0) is 17.9. The lowest BCUT2D eigenvalue weighted by Gasteiger charge is -2.46. The van der Waals surface area contributed by atoms with Crippen molar-refractivity contribution in [3.05, 3.63) is 30.1 Å². The van der Waals surface area contributed by atoms with Gasteiger partial charge in [0.05, 0.1) is 36.1 Å². The molecule has 2 fully saturated rings. The van der Waals surface area contributed by atoms with E-state index < -0.39 is 14.7 Å². The van der Waals surface area contributed by atoms with Crippen molar-refractivity contribution < 1.29 is 20.3 Å². The SMILES string of the molecule is CS(F)(F)(F)(F)c1ccc(-n2nnnc2CN2C[C@@H]3C[C@H]2CO3)cc1. The first-order valence-corrected chi connectivity index (χ1v) is 10.2. The molecule has 25 heavy (non-hydrogen) atoms. The van der Waals surface area contributed by atoms with E-state index in [1.165, 1.54) is 16.8 Å². The van der Waals surface area contributed by atoms with Crippen LogP contribution in [-0.4, -0.2) is 56.7 Å². The van der Waals surface area contributed by atoms with Gasteiger partial charge in [-0.1, -0.05) is 0 Å². The van der Waals surface area contributed by atoms with Gasteiger partial charge in [-0.2, -0.15) is 4.68 Å². The minimum atomic E-state index is -8.18. The van der Waals surface area contributed by atoms with Crippen LogP contribution in [0.2, 0.25) is 0 Å². The molecule has 0 aliphatic carbocycles. The van der Waals surface area contributed by atoms with E-state index in [-0.39, 0.29) is 12.4 Å². The lowest BCUT2D eigenvalue weighted by molar-refractivity contribution is 0.0260. The number of rotatable bonds is 4. The van der Waals surface area contributed by atoms with Crippen LogP contribution in [0.15, 0.2) is 29.2 Å². The fourth-order valence-electron chi connectivity index (χ4n) is 3.29. The number of nitrogens with zero attached hydrogens (tertiary/aromatic N) is 5. The van der Waals surface area contributed by atoms with Gasteiger partial charge >= 0.3 is 0 Å². The van der Waals surface area contributed by atoms with E-state index in [0.29, 0.717) is 30.7 Å². The standard InChI is InChI=1S/C14H17F4N5OS/c1-25(15,16,17,18)13-4-2-10(3-5-13)23-14(19-20-21-23)8-22-7-12-6-11(22)9-24-12/h2-5,11-12H,6-9H2,1H3/t11-,12-/m0/s1. The highest BCUT2D eigenvalue weighted by atomic mass is 32.5. The van der Waals surface area contributed by atoms with Crippen LogP contribution in [-0.2, 0) is 11.3 Å². The number of likely N-dealkylation sites (tertiary alicyclic amines) is 1. The molecule has 0 saturated carbocycles. The van der Waals surface area contributed by atoms with Crippen molar-refractivity contribution in [1.29, 1.82) is 0 Å². The zero-order valence-corrected chi connectivity index (χ0v) is 14.2. The maximum Gasteiger partial charge on any atom is 0.184 e. The number of halogens is 4. The molecule has 3 heterocycles. The summed E-state index contributed by atoms with van der Waals surface area (Å²) in [5, 5.41) is 11.4. The van der Waals surface area contributed by atoms with Gasteiger partial charge in [0.2, 0.25) is 0 Å². The minimum Gasteiger partial charge on any atom is -0.375 e. The third-order valence-electron chi connectivity index (χ3n) is 4.57. The molecule has 0 radical (unpaired) electrons. The fourth-order valence-corrected chi connectivity index (χ4v) is 4.11. The number of hydrogen-bond acceptors (Lipinski definition) is 5. The van der Waals surface area contributed by atoms with E-state index in [2.05, 4.69) is 20.4 Å². The van der Waals surface area contributed by atoms with Crippen molar-refractivity contribution in [1.82, 2.24) is 25.1 Å². The van der Waals surface area contributed by atoms with Crippen molar-refractivity contribution in [2.24, 2.45) is 0 Å². The van der Waals surface area contributed by atoms with Gasteiger partial charge in [0.15, 0.2) is 15.7 Å². The second-order valence-corrected chi connectivity index (χ2v) is 10.2. The summed E-state index contributed by atoms with van der Waals surface area (Å²) in [6.45, 7) is 1.94. The minimum absolute atomic E-state index is 0.228. The molecular formula is C14H17F4N5OS. The molecule has 2 aliphatic heterocycles. The molecule has 11 heteroatoms. The average Bonchev–Trinajstić information content (AvgIpc) is 3.21. The first-order valence-electron chi connectivity index (χ1n) is 7.72. The Labute approximate surface area is 141 Å². The summed E-state index contributed by atoms with van der Waals surface area (Å²) in [4.78, 5) is 0.927. The van der Waals surface area contributed by atoms with Crippen molar-refractivity contribution in [2.45, 2.75) is 30.0 Å². The average molecular weight is 379 g/mol. The normalized spacial score (nSPS) is 26.6. The maximum atomic E-state index is 13.5. The monoisotopic (exact) mass is 379 g/mol. The van der Waals surface area contributed by atoms with E-state index in [4.69, 9.17) is 4.74 Å². The highest BCUT2D eigenvalue weighted by Crippen LogP contribution is 2.98. The van der Waals surface area contributed by atoms with Gasteiger partial charge in [-0.3, -0.25) is 4.90 Å². The molecule has 4 rings (SSSR count). The number of hydrogen-bond donors (Lipinski definition) is 0. The number of ether oxygens (including phenoxy) is 1. The molecule has 138 valence electrons. The summed E-state index contributed by atoms with van der Waals surface area (Å²) < 4.78 is 60.8. The molecule has 2 aromatic rings. The highest BCUT2D eigenvalue weighted by Gasteiger charge is 2.59. The van der Waals surface area contributed by atoms with Crippen LogP contribution in [0.25, 0.3) is 5.69 Å². The lowest BCUT2D eigenvalue weighted by Crippen LogP contribution is -2.37. The summed E-state index contributed by atoms with van der Waals surface area (Å²) >= 11 is 0. The van der Waals surface area contributed by atoms with Crippen LogP contribution in [0.3, 0.4) is 0 Å². The fraction of sp³-hybridized carbons (Fsp3) is 0.500. The van der Waals surface area contributed by atoms with Crippen molar-refractivity contribution in [2.75, 3.05) is 19.4 Å². The van der Waals surface area contributed by atoms with Gasteiger partial charge in [0.1, 0.15) is 0 Å². The van der Waals surface area contributed by atoms with Gasteiger partial charge in [-0.25, -0.2) is 0 Å². The third-order valence-corrected chi connectivity index (χ3v) is 6.02. The Kier molecular flexibility index (Phi) is 3.15. The first kappa shape index (κ1) is 16.7. The van der Waals surface area contributed by atoms with E-state index in [1.807, 2.05) is 0 Å². The molecule has 0 spiro atoms. The van der Waals surface area contributed by atoms with Crippen LogP contribution in [0.5, 0.6) is 0 Å². The van der Waals surface area contributed by atoms with Crippen molar-refractivity contribution >= 4 is 9.84 Å². The largest absolute Gasteiger partial charge is 0.375 e. The summed E-state index contributed by atoms with van der Waals surface area (Å²) in [5.74, 6) is 0.517. The Morgan fingerprint density at radius 2 is 1.92 bits per heavy atom. The van der Waals surface area contributed by atoms with E-state index in [9.17, 15) is 15.5 Å². The molecule has 2 atom stereocenters. The van der Waals surface area contributed by atoms with E-state index in [1.54, 1.807) is 0 Å².